The van der Waals surface area contributed by atoms with E-state index in [1.165, 1.54) is 0 Å². The standard InChI is InChI=1S/C18H25N3O3/c1-18(2,3)17-20-15(21-24-17)11-12-19-16(22)10-7-13-5-8-14(23-4)9-6-13/h5-6,8-9H,7,10-12H2,1-4H3,(H,19,22). The van der Waals surface area contributed by atoms with E-state index in [0.717, 1.165) is 11.3 Å². The fraction of sp³-hybridized carbons (Fsp3) is 0.500. The molecule has 1 heterocycles. The number of benzene rings is 1. The van der Waals surface area contributed by atoms with Crippen molar-refractivity contribution in [3.63, 3.8) is 0 Å². The summed E-state index contributed by atoms with van der Waals surface area (Å²) in [5.41, 5.74) is 0.950. The zero-order valence-corrected chi connectivity index (χ0v) is 14.8. The van der Waals surface area contributed by atoms with Gasteiger partial charge in [-0.05, 0) is 24.1 Å². The maximum absolute atomic E-state index is 11.9. The molecular weight excluding hydrogens is 306 g/mol. The zero-order valence-electron chi connectivity index (χ0n) is 14.8. The molecule has 24 heavy (non-hydrogen) atoms. The van der Waals surface area contributed by atoms with Crippen LogP contribution in [-0.2, 0) is 23.1 Å². The molecule has 0 aliphatic heterocycles. The highest BCUT2D eigenvalue weighted by molar-refractivity contribution is 5.76. The summed E-state index contributed by atoms with van der Waals surface area (Å²) in [5.74, 6) is 2.07. The third-order valence-corrected chi connectivity index (χ3v) is 3.58. The Morgan fingerprint density at radius 2 is 1.92 bits per heavy atom. The number of aryl methyl sites for hydroxylation is 1. The van der Waals surface area contributed by atoms with E-state index in [4.69, 9.17) is 9.26 Å². The minimum atomic E-state index is -0.160. The summed E-state index contributed by atoms with van der Waals surface area (Å²) in [6, 6.07) is 7.74. The summed E-state index contributed by atoms with van der Waals surface area (Å²) in [5, 5.41) is 6.83. The van der Waals surface area contributed by atoms with E-state index in [1.807, 2.05) is 45.0 Å². The van der Waals surface area contributed by atoms with Gasteiger partial charge in [0.2, 0.25) is 11.8 Å². The second-order valence-electron chi connectivity index (χ2n) is 6.71. The van der Waals surface area contributed by atoms with E-state index >= 15 is 0 Å². The molecule has 0 fully saturated rings. The molecule has 0 bridgehead atoms. The highest BCUT2D eigenvalue weighted by atomic mass is 16.5. The molecule has 1 N–H and O–H groups in total. The minimum absolute atomic E-state index is 0.0188. The van der Waals surface area contributed by atoms with Gasteiger partial charge in [-0.25, -0.2) is 0 Å². The molecule has 0 atom stereocenters. The molecule has 0 spiro atoms. The van der Waals surface area contributed by atoms with Gasteiger partial charge in [0.05, 0.1) is 7.11 Å². The van der Waals surface area contributed by atoms with Gasteiger partial charge in [0, 0.05) is 24.8 Å². The number of carbonyl (C=O) groups excluding carboxylic acids is 1. The maximum atomic E-state index is 11.9. The molecule has 0 saturated carbocycles. The molecule has 0 aliphatic carbocycles. The van der Waals surface area contributed by atoms with Crippen LogP contribution in [-0.4, -0.2) is 29.7 Å². The van der Waals surface area contributed by atoms with E-state index in [0.29, 0.717) is 37.5 Å². The fourth-order valence-corrected chi connectivity index (χ4v) is 2.11. The average molecular weight is 331 g/mol. The Morgan fingerprint density at radius 1 is 1.21 bits per heavy atom. The quantitative estimate of drug-likeness (QED) is 0.844. The van der Waals surface area contributed by atoms with Crippen molar-refractivity contribution in [2.75, 3.05) is 13.7 Å². The van der Waals surface area contributed by atoms with Crippen LogP contribution in [0.3, 0.4) is 0 Å². The molecule has 1 amide bonds. The molecule has 130 valence electrons. The molecule has 6 nitrogen and oxygen atoms in total. The predicted molar refractivity (Wildman–Crippen MR) is 91.0 cm³/mol. The van der Waals surface area contributed by atoms with Crippen molar-refractivity contribution >= 4 is 5.91 Å². The van der Waals surface area contributed by atoms with E-state index in [9.17, 15) is 4.79 Å². The van der Waals surface area contributed by atoms with Crippen molar-refractivity contribution in [1.29, 1.82) is 0 Å². The molecule has 1 aromatic heterocycles. The first-order chi connectivity index (χ1) is 11.4. The van der Waals surface area contributed by atoms with Crippen molar-refractivity contribution in [2.45, 2.75) is 45.4 Å². The summed E-state index contributed by atoms with van der Waals surface area (Å²) in [4.78, 5) is 16.2. The number of nitrogens with one attached hydrogen (secondary N) is 1. The van der Waals surface area contributed by atoms with Gasteiger partial charge < -0.3 is 14.6 Å². The monoisotopic (exact) mass is 331 g/mol. The lowest BCUT2D eigenvalue weighted by Crippen LogP contribution is -2.26. The first kappa shape index (κ1) is 18.0. The summed E-state index contributed by atoms with van der Waals surface area (Å²) >= 11 is 0. The van der Waals surface area contributed by atoms with Crippen LogP contribution in [0.25, 0.3) is 0 Å². The van der Waals surface area contributed by atoms with E-state index in [-0.39, 0.29) is 11.3 Å². The summed E-state index contributed by atoms with van der Waals surface area (Å²) in [6.45, 7) is 6.56. The van der Waals surface area contributed by atoms with Crippen molar-refractivity contribution in [3.8, 4) is 5.75 Å². The Balaban J connectivity index is 1.70. The predicted octanol–water partition coefficient (Wildman–Crippen LogP) is 2.67. The molecule has 2 rings (SSSR count). The molecule has 0 unspecified atom stereocenters. The van der Waals surface area contributed by atoms with Crippen LogP contribution in [0.15, 0.2) is 28.8 Å². The van der Waals surface area contributed by atoms with E-state index in [1.54, 1.807) is 7.11 Å². The van der Waals surface area contributed by atoms with Crippen LogP contribution in [0.4, 0.5) is 0 Å². The Morgan fingerprint density at radius 3 is 2.50 bits per heavy atom. The van der Waals surface area contributed by atoms with Crippen LogP contribution in [0.1, 0.15) is 44.5 Å². The molecule has 6 heteroatoms. The lowest BCUT2D eigenvalue weighted by molar-refractivity contribution is -0.121. The molecule has 0 radical (unpaired) electrons. The Bertz CT molecular complexity index is 657. The number of methoxy groups -OCH3 is 1. The van der Waals surface area contributed by atoms with Gasteiger partial charge in [-0.3, -0.25) is 4.79 Å². The summed E-state index contributed by atoms with van der Waals surface area (Å²) < 4.78 is 10.3. The maximum Gasteiger partial charge on any atom is 0.232 e. The topological polar surface area (TPSA) is 77.2 Å². The normalized spacial score (nSPS) is 11.3. The second kappa shape index (κ2) is 7.95. The first-order valence-corrected chi connectivity index (χ1v) is 8.11. The molecule has 0 saturated heterocycles. The third-order valence-electron chi connectivity index (χ3n) is 3.58. The van der Waals surface area contributed by atoms with Crippen molar-refractivity contribution < 1.29 is 14.1 Å². The number of nitrogens with zero attached hydrogens (tertiary/aromatic N) is 2. The van der Waals surface area contributed by atoms with Crippen molar-refractivity contribution in [1.82, 2.24) is 15.5 Å². The van der Waals surface area contributed by atoms with Crippen LogP contribution in [0, 0.1) is 0 Å². The summed E-state index contributed by atoms with van der Waals surface area (Å²) in [7, 11) is 1.64. The van der Waals surface area contributed by atoms with Crippen LogP contribution in [0.2, 0.25) is 0 Å². The number of hydrogen-bond donors (Lipinski definition) is 1. The number of amides is 1. The largest absolute Gasteiger partial charge is 0.497 e. The van der Waals surface area contributed by atoms with Crippen LogP contribution < -0.4 is 10.1 Å². The molecular formula is C18H25N3O3. The first-order valence-electron chi connectivity index (χ1n) is 8.11. The van der Waals surface area contributed by atoms with Crippen LogP contribution in [0.5, 0.6) is 5.75 Å². The van der Waals surface area contributed by atoms with Crippen molar-refractivity contribution in [2.24, 2.45) is 0 Å². The van der Waals surface area contributed by atoms with Crippen LogP contribution >= 0.6 is 0 Å². The van der Waals surface area contributed by atoms with Gasteiger partial charge in [-0.15, -0.1) is 0 Å². The molecule has 2 aromatic rings. The minimum Gasteiger partial charge on any atom is -0.497 e. The Kier molecular flexibility index (Phi) is 5.95. The van der Waals surface area contributed by atoms with Gasteiger partial charge in [-0.1, -0.05) is 38.1 Å². The highest BCUT2D eigenvalue weighted by Gasteiger charge is 2.21. The number of aromatic nitrogens is 2. The van der Waals surface area contributed by atoms with Gasteiger partial charge in [-0.2, -0.15) is 4.98 Å². The van der Waals surface area contributed by atoms with Crippen molar-refractivity contribution in [3.05, 3.63) is 41.5 Å². The van der Waals surface area contributed by atoms with Gasteiger partial charge in [0.25, 0.3) is 0 Å². The van der Waals surface area contributed by atoms with Gasteiger partial charge in [0.1, 0.15) is 5.75 Å². The smallest absolute Gasteiger partial charge is 0.232 e. The summed E-state index contributed by atoms with van der Waals surface area (Å²) in [6.07, 6.45) is 1.71. The molecule has 0 aliphatic rings. The highest BCUT2D eigenvalue weighted by Crippen LogP contribution is 2.19. The van der Waals surface area contributed by atoms with E-state index < -0.39 is 0 Å². The van der Waals surface area contributed by atoms with Gasteiger partial charge in [0.15, 0.2) is 5.82 Å². The van der Waals surface area contributed by atoms with E-state index in [2.05, 4.69) is 15.5 Å². The molecule has 1 aromatic carbocycles. The lowest BCUT2D eigenvalue weighted by Gasteiger charge is -2.10. The number of ether oxygens (including phenoxy) is 1. The Hall–Kier alpha value is -2.37. The van der Waals surface area contributed by atoms with Gasteiger partial charge >= 0.3 is 0 Å². The number of hydrogen-bond acceptors (Lipinski definition) is 5. The third kappa shape index (κ3) is 5.37. The average Bonchev–Trinajstić information content (AvgIpc) is 3.02. The fourth-order valence-electron chi connectivity index (χ4n) is 2.11. The zero-order chi connectivity index (χ0) is 17.6. The SMILES string of the molecule is COc1ccc(CCC(=O)NCCc2noc(C(C)(C)C)n2)cc1. The number of carbonyl (C=O) groups is 1. The number of rotatable bonds is 7. The lowest BCUT2D eigenvalue weighted by atomic mass is 9.97. The Labute approximate surface area is 142 Å². The second-order valence-corrected chi connectivity index (χ2v) is 6.71.